The molecule has 0 aliphatic heterocycles. The van der Waals surface area contributed by atoms with E-state index in [4.69, 9.17) is 4.43 Å². The summed E-state index contributed by atoms with van der Waals surface area (Å²) in [5.41, 5.74) is 1.33. The van der Waals surface area contributed by atoms with E-state index in [0.29, 0.717) is 6.10 Å². The minimum atomic E-state index is -1.40. The summed E-state index contributed by atoms with van der Waals surface area (Å²) in [6.45, 7) is 11.1. The maximum atomic E-state index is 6.05. The van der Waals surface area contributed by atoms with E-state index in [0.717, 1.165) is 6.42 Å². The van der Waals surface area contributed by atoms with Crippen LogP contribution in [-0.4, -0.2) is 14.4 Å². The molecule has 17 heavy (non-hydrogen) atoms. The third-order valence-corrected chi connectivity index (χ3v) is 3.52. The molecule has 3 heteroatoms. The van der Waals surface area contributed by atoms with Crippen LogP contribution in [0.15, 0.2) is 30.3 Å². The smallest absolute Gasteiger partial charge is 0.416 e. The molecule has 1 nitrogen and oxygen atoms in total. The Labute approximate surface area is 119 Å². The van der Waals surface area contributed by atoms with Crippen molar-refractivity contribution >= 4 is 8.32 Å². The summed E-state index contributed by atoms with van der Waals surface area (Å²) in [5.74, 6) is 1.41. The van der Waals surface area contributed by atoms with Gasteiger partial charge >= 0.3 is 18.9 Å². The van der Waals surface area contributed by atoms with Crippen molar-refractivity contribution < 1.29 is 23.3 Å². The van der Waals surface area contributed by atoms with Gasteiger partial charge < -0.3 is 4.43 Å². The third-order valence-electron chi connectivity index (χ3n) is 2.41. The van der Waals surface area contributed by atoms with Crippen LogP contribution in [0.5, 0.6) is 0 Å². The number of hydrogen-bond donors (Lipinski definition) is 0. The van der Waals surface area contributed by atoms with Gasteiger partial charge in [-0.3, -0.25) is 0 Å². The van der Waals surface area contributed by atoms with Gasteiger partial charge in [-0.2, -0.15) is 23.6 Å². The van der Waals surface area contributed by atoms with Crippen molar-refractivity contribution in [1.29, 1.82) is 0 Å². The van der Waals surface area contributed by atoms with Crippen molar-refractivity contribution in [3.8, 4) is 0 Å². The molecular formula is C14H23LiOSi. The predicted octanol–water partition coefficient (Wildman–Crippen LogP) is 1.26. The van der Waals surface area contributed by atoms with E-state index in [1.54, 1.807) is 0 Å². The van der Waals surface area contributed by atoms with Crippen LogP contribution in [0.4, 0.5) is 0 Å². The first-order valence-electron chi connectivity index (χ1n) is 5.94. The molecule has 1 aromatic carbocycles. The van der Waals surface area contributed by atoms with Gasteiger partial charge in [0, 0.05) is 6.10 Å². The van der Waals surface area contributed by atoms with E-state index in [1.807, 2.05) is 0 Å². The Morgan fingerprint density at radius 2 is 1.71 bits per heavy atom. The van der Waals surface area contributed by atoms with Gasteiger partial charge in [0.1, 0.15) is 0 Å². The normalized spacial score (nSPS) is 12.8. The van der Waals surface area contributed by atoms with Crippen LogP contribution in [0.3, 0.4) is 0 Å². The molecular weight excluding hydrogens is 219 g/mol. The molecule has 1 rings (SSSR count). The molecule has 0 heterocycles. The molecule has 0 amide bonds. The minimum Gasteiger partial charge on any atom is -0.416 e. The maximum absolute atomic E-state index is 6.05. The Morgan fingerprint density at radius 1 is 1.18 bits per heavy atom. The Bertz CT molecular complexity index is 308. The molecule has 0 aliphatic rings. The summed E-state index contributed by atoms with van der Waals surface area (Å²) < 4.78 is 6.05. The first-order chi connectivity index (χ1) is 7.38. The molecule has 0 N–H and O–H groups in total. The molecule has 0 saturated carbocycles. The summed E-state index contributed by atoms with van der Waals surface area (Å²) in [4.78, 5) is 0. The van der Waals surface area contributed by atoms with Crippen molar-refractivity contribution in [1.82, 2.24) is 0 Å². The fraction of sp³-hybridized carbons (Fsp3) is 0.500. The van der Waals surface area contributed by atoms with E-state index in [2.05, 4.69) is 63.8 Å². The molecule has 90 valence electrons. The maximum Gasteiger partial charge on any atom is 1.00 e. The van der Waals surface area contributed by atoms with Crippen LogP contribution in [0, 0.1) is 5.92 Å². The van der Waals surface area contributed by atoms with E-state index >= 15 is 0 Å². The van der Waals surface area contributed by atoms with Gasteiger partial charge in [0.25, 0.3) is 0 Å². The molecule has 1 atom stereocenters. The molecule has 1 aromatic rings. The predicted molar refractivity (Wildman–Crippen MR) is 73.0 cm³/mol. The second-order valence-electron chi connectivity index (χ2n) is 5.39. The summed E-state index contributed by atoms with van der Waals surface area (Å²) >= 11 is 0. The van der Waals surface area contributed by atoms with Gasteiger partial charge in [0.15, 0.2) is 8.32 Å². The molecule has 0 bridgehead atoms. The Kier molecular flexibility index (Phi) is 7.27. The van der Waals surface area contributed by atoms with Crippen LogP contribution >= 0.6 is 0 Å². The van der Waals surface area contributed by atoms with Gasteiger partial charge in [-0.15, -0.1) is 12.1 Å². The van der Waals surface area contributed by atoms with Crippen LogP contribution in [0.1, 0.15) is 25.8 Å². The van der Waals surface area contributed by atoms with Crippen LogP contribution in [0.25, 0.3) is 0 Å². The van der Waals surface area contributed by atoms with Crippen LogP contribution in [-0.2, 0) is 4.43 Å². The Balaban J connectivity index is 0.00000256. The van der Waals surface area contributed by atoms with E-state index in [-0.39, 0.29) is 18.9 Å². The molecule has 0 spiro atoms. The summed E-state index contributed by atoms with van der Waals surface area (Å²) in [5, 5.41) is 0. The number of rotatable bonds is 5. The van der Waals surface area contributed by atoms with E-state index < -0.39 is 8.32 Å². The molecule has 0 radical (unpaired) electrons. The van der Waals surface area contributed by atoms with Gasteiger partial charge in [-0.25, -0.2) is 0 Å². The molecule has 0 fully saturated rings. The molecule has 0 saturated heterocycles. The second-order valence-corrected chi connectivity index (χ2v) is 9.85. The van der Waals surface area contributed by atoms with Gasteiger partial charge in [0.05, 0.1) is 0 Å². The minimum absolute atomic E-state index is 0. The molecule has 0 aromatic heterocycles. The zero-order valence-electron chi connectivity index (χ0n) is 12.1. The van der Waals surface area contributed by atoms with Crippen LogP contribution < -0.4 is 18.9 Å². The third kappa shape index (κ3) is 7.01. The fourth-order valence-electron chi connectivity index (χ4n) is 1.92. The van der Waals surface area contributed by atoms with E-state index in [9.17, 15) is 0 Å². The number of benzene rings is 1. The van der Waals surface area contributed by atoms with E-state index in [1.165, 1.54) is 11.5 Å². The molecule has 0 unspecified atom stereocenters. The van der Waals surface area contributed by atoms with Gasteiger partial charge in [-0.05, 0) is 26.6 Å². The average molecular weight is 242 g/mol. The average Bonchev–Trinajstić information content (AvgIpc) is 2.16. The summed E-state index contributed by atoms with van der Waals surface area (Å²) in [7, 11) is -1.40. The van der Waals surface area contributed by atoms with Crippen LogP contribution in [0.2, 0.25) is 19.6 Å². The topological polar surface area (TPSA) is 9.23 Å². The van der Waals surface area contributed by atoms with Gasteiger partial charge in [0.2, 0.25) is 0 Å². The zero-order valence-corrected chi connectivity index (χ0v) is 13.1. The first-order valence-corrected chi connectivity index (χ1v) is 9.35. The first kappa shape index (κ1) is 16.9. The molecule has 0 aliphatic carbocycles. The summed E-state index contributed by atoms with van der Waals surface area (Å²) in [6.07, 6.45) is 1.35. The Morgan fingerprint density at radius 3 is 2.18 bits per heavy atom. The van der Waals surface area contributed by atoms with Crippen molar-refractivity contribution in [2.24, 2.45) is 0 Å². The van der Waals surface area contributed by atoms with Crippen molar-refractivity contribution in [2.45, 2.75) is 46.0 Å². The second kappa shape index (κ2) is 7.33. The monoisotopic (exact) mass is 242 g/mol. The summed E-state index contributed by atoms with van der Waals surface area (Å²) in [6, 6.07) is 10.6. The largest absolute Gasteiger partial charge is 1.00 e. The Hall–Kier alpha value is -0.136. The zero-order chi connectivity index (χ0) is 12.2. The SMILES string of the molecule is C[C-](C[C@H](C)O[Si](C)(C)C)c1ccccc1.[Li+]. The van der Waals surface area contributed by atoms with Crippen molar-refractivity contribution in [2.75, 3.05) is 0 Å². The van der Waals surface area contributed by atoms with Gasteiger partial charge in [-0.1, -0.05) is 19.4 Å². The van der Waals surface area contributed by atoms with Crippen molar-refractivity contribution in [3.05, 3.63) is 41.8 Å². The fourth-order valence-corrected chi connectivity index (χ4v) is 3.21. The quantitative estimate of drug-likeness (QED) is 0.558. The van der Waals surface area contributed by atoms with Crippen molar-refractivity contribution in [3.63, 3.8) is 0 Å². The number of hydrogen-bond acceptors (Lipinski definition) is 1. The standard InChI is InChI=1S/C14H23OSi.Li/c1-12(14-9-7-6-8-10-14)11-13(2)15-16(3,4)5;/h6-10,13H,11H2,1-5H3;/q-1;+1/t13-;/m0./s1.